The molecule has 0 bridgehead atoms. The SMILES string of the molecule is CCNC(c1cccc(OC2CC2)c1)C1CCCC1C. The summed E-state index contributed by atoms with van der Waals surface area (Å²) < 4.78 is 5.96. The summed E-state index contributed by atoms with van der Waals surface area (Å²) >= 11 is 0. The molecule has 3 rings (SSSR count). The molecular formula is C18H27NO. The van der Waals surface area contributed by atoms with Gasteiger partial charge in [0.05, 0.1) is 6.10 Å². The summed E-state index contributed by atoms with van der Waals surface area (Å²) in [6.45, 7) is 5.64. The van der Waals surface area contributed by atoms with E-state index in [1.54, 1.807) is 0 Å². The van der Waals surface area contributed by atoms with Gasteiger partial charge in [0.15, 0.2) is 0 Å². The lowest BCUT2D eigenvalue weighted by Crippen LogP contribution is -2.29. The molecule has 2 saturated carbocycles. The third kappa shape index (κ3) is 3.17. The van der Waals surface area contributed by atoms with Crippen molar-refractivity contribution in [1.82, 2.24) is 5.32 Å². The van der Waals surface area contributed by atoms with Gasteiger partial charge >= 0.3 is 0 Å². The second-order valence-electron chi connectivity index (χ2n) is 6.50. The highest BCUT2D eigenvalue weighted by molar-refractivity contribution is 5.31. The largest absolute Gasteiger partial charge is 0.490 e. The van der Waals surface area contributed by atoms with Crippen LogP contribution in [0.5, 0.6) is 5.75 Å². The fourth-order valence-corrected chi connectivity index (χ4v) is 3.57. The van der Waals surface area contributed by atoms with E-state index in [1.165, 1.54) is 37.7 Å². The molecule has 20 heavy (non-hydrogen) atoms. The maximum Gasteiger partial charge on any atom is 0.120 e. The monoisotopic (exact) mass is 273 g/mol. The number of ether oxygens (including phenoxy) is 1. The van der Waals surface area contributed by atoms with Gasteiger partial charge in [-0.2, -0.15) is 0 Å². The Balaban J connectivity index is 1.78. The summed E-state index contributed by atoms with van der Waals surface area (Å²) in [6.07, 6.45) is 7.04. The van der Waals surface area contributed by atoms with Crippen molar-refractivity contribution in [2.24, 2.45) is 11.8 Å². The first kappa shape index (κ1) is 13.9. The quantitative estimate of drug-likeness (QED) is 0.833. The highest BCUT2D eigenvalue weighted by Crippen LogP contribution is 2.40. The van der Waals surface area contributed by atoms with Crippen LogP contribution in [0.4, 0.5) is 0 Å². The van der Waals surface area contributed by atoms with Gasteiger partial charge in [-0.1, -0.05) is 38.8 Å². The van der Waals surface area contributed by atoms with Crippen LogP contribution in [0.15, 0.2) is 24.3 Å². The van der Waals surface area contributed by atoms with Gasteiger partial charge in [-0.15, -0.1) is 0 Å². The molecule has 0 spiro atoms. The van der Waals surface area contributed by atoms with E-state index in [0.29, 0.717) is 12.1 Å². The number of hydrogen-bond acceptors (Lipinski definition) is 2. The molecule has 2 nitrogen and oxygen atoms in total. The van der Waals surface area contributed by atoms with Gasteiger partial charge in [0, 0.05) is 6.04 Å². The summed E-state index contributed by atoms with van der Waals surface area (Å²) in [5.74, 6) is 2.65. The van der Waals surface area contributed by atoms with E-state index in [2.05, 4.69) is 43.4 Å². The topological polar surface area (TPSA) is 21.3 Å². The van der Waals surface area contributed by atoms with E-state index in [4.69, 9.17) is 4.74 Å². The lowest BCUT2D eigenvalue weighted by molar-refractivity contribution is 0.294. The van der Waals surface area contributed by atoms with E-state index in [-0.39, 0.29) is 0 Å². The molecule has 1 N–H and O–H groups in total. The first-order chi connectivity index (χ1) is 9.78. The summed E-state index contributed by atoms with van der Waals surface area (Å²) in [7, 11) is 0. The predicted octanol–water partition coefficient (Wildman–Crippen LogP) is 4.31. The molecule has 2 aliphatic carbocycles. The first-order valence-electron chi connectivity index (χ1n) is 8.28. The Bertz CT molecular complexity index is 441. The van der Waals surface area contributed by atoms with E-state index >= 15 is 0 Å². The molecule has 1 aromatic carbocycles. The van der Waals surface area contributed by atoms with Gasteiger partial charge in [-0.3, -0.25) is 0 Å². The van der Waals surface area contributed by atoms with Gasteiger partial charge in [0.2, 0.25) is 0 Å². The van der Waals surface area contributed by atoms with Crippen molar-refractivity contribution in [3.8, 4) is 5.75 Å². The average molecular weight is 273 g/mol. The summed E-state index contributed by atoms with van der Waals surface area (Å²) in [5.41, 5.74) is 1.41. The molecule has 2 heteroatoms. The molecule has 110 valence electrons. The Kier molecular flexibility index (Phi) is 4.30. The minimum Gasteiger partial charge on any atom is -0.490 e. The Morgan fingerprint density at radius 3 is 2.75 bits per heavy atom. The zero-order chi connectivity index (χ0) is 13.9. The van der Waals surface area contributed by atoms with Gasteiger partial charge in [-0.25, -0.2) is 0 Å². The van der Waals surface area contributed by atoms with Gasteiger partial charge in [0.25, 0.3) is 0 Å². The van der Waals surface area contributed by atoms with E-state index < -0.39 is 0 Å². The van der Waals surface area contributed by atoms with E-state index in [1.807, 2.05) is 0 Å². The second kappa shape index (κ2) is 6.17. The molecule has 0 amide bonds. The van der Waals surface area contributed by atoms with Crippen molar-refractivity contribution in [3.63, 3.8) is 0 Å². The molecule has 0 radical (unpaired) electrons. The molecule has 0 saturated heterocycles. The van der Waals surface area contributed by atoms with Crippen LogP contribution in [0.3, 0.4) is 0 Å². The molecule has 2 aliphatic rings. The van der Waals surface area contributed by atoms with Crippen LogP contribution in [0.2, 0.25) is 0 Å². The first-order valence-corrected chi connectivity index (χ1v) is 8.28. The normalized spacial score (nSPS) is 27.5. The lowest BCUT2D eigenvalue weighted by Gasteiger charge is -2.28. The average Bonchev–Trinajstić information content (AvgIpc) is 3.16. The minimum atomic E-state index is 0.480. The Hall–Kier alpha value is -1.02. The van der Waals surface area contributed by atoms with Crippen LogP contribution in [0.25, 0.3) is 0 Å². The van der Waals surface area contributed by atoms with Crippen LogP contribution in [0, 0.1) is 11.8 Å². The van der Waals surface area contributed by atoms with Crippen molar-refractivity contribution >= 4 is 0 Å². The van der Waals surface area contributed by atoms with Crippen LogP contribution in [-0.4, -0.2) is 12.6 Å². The second-order valence-corrected chi connectivity index (χ2v) is 6.50. The van der Waals surface area contributed by atoms with E-state index in [9.17, 15) is 0 Å². The molecule has 1 aromatic rings. The minimum absolute atomic E-state index is 0.480. The third-order valence-corrected chi connectivity index (χ3v) is 4.82. The molecule has 0 aliphatic heterocycles. The summed E-state index contributed by atoms with van der Waals surface area (Å²) in [4.78, 5) is 0. The van der Waals surface area contributed by atoms with Crippen LogP contribution in [0.1, 0.15) is 57.6 Å². The van der Waals surface area contributed by atoms with Crippen LogP contribution >= 0.6 is 0 Å². The zero-order valence-electron chi connectivity index (χ0n) is 12.8. The highest BCUT2D eigenvalue weighted by Gasteiger charge is 2.31. The Morgan fingerprint density at radius 1 is 1.25 bits per heavy atom. The van der Waals surface area contributed by atoms with Gasteiger partial charge in [0.1, 0.15) is 5.75 Å². The lowest BCUT2D eigenvalue weighted by atomic mass is 9.86. The van der Waals surface area contributed by atoms with Gasteiger partial charge < -0.3 is 10.1 Å². The summed E-state index contributed by atoms with van der Waals surface area (Å²) in [6, 6.07) is 9.26. The van der Waals surface area contributed by atoms with Crippen molar-refractivity contribution in [2.75, 3.05) is 6.54 Å². The van der Waals surface area contributed by atoms with Gasteiger partial charge in [-0.05, 0) is 55.3 Å². The number of rotatable bonds is 6. The maximum atomic E-state index is 5.96. The molecule has 0 heterocycles. The predicted molar refractivity (Wildman–Crippen MR) is 83.0 cm³/mol. The molecule has 2 fully saturated rings. The smallest absolute Gasteiger partial charge is 0.120 e. The van der Waals surface area contributed by atoms with Crippen molar-refractivity contribution in [3.05, 3.63) is 29.8 Å². The summed E-state index contributed by atoms with van der Waals surface area (Å²) in [5, 5.41) is 3.71. The molecular weight excluding hydrogens is 246 g/mol. The number of nitrogens with one attached hydrogen (secondary N) is 1. The standard InChI is InChI=1S/C18H27NO/c1-3-19-18(17-9-4-6-13(17)2)14-7-5-8-16(12-14)20-15-10-11-15/h5,7-8,12-13,15,17-19H,3-4,6,9-11H2,1-2H3. The third-order valence-electron chi connectivity index (χ3n) is 4.82. The van der Waals surface area contributed by atoms with E-state index in [0.717, 1.165) is 24.1 Å². The number of hydrogen-bond donors (Lipinski definition) is 1. The zero-order valence-corrected chi connectivity index (χ0v) is 12.8. The highest BCUT2D eigenvalue weighted by atomic mass is 16.5. The van der Waals surface area contributed by atoms with Crippen molar-refractivity contribution in [1.29, 1.82) is 0 Å². The molecule has 0 aromatic heterocycles. The van der Waals surface area contributed by atoms with Crippen molar-refractivity contribution < 1.29 is 4.74 Å². The van der Waals surface area contributed by atoms with Crippen LogP contribution < -0.4 is 10.1 Å². The van der Waals surface area contributed by atoms with Crippen molar-refractivity contribution in [2.45, 2.75) is 58.1 Å². The fourth-order valence-electron chi connectivity index (χ4n) is 3.57. The Labute approximate surface area is 122 Å². The molecule has 3 unspecified atom stereocenters. The molecule has 3 atom stereocenters. The number of benzene rings is 1. The Morgan fingerprint density at radius 2 is 2.10 bits per heavy atom. The van der Waals surface area contributed by atoms with Crippen LogP contribution in [-0.2, 0) is 0 Å². The fraction of sp³-hybridized carbons (Fsp3) is 0.667. The maximum absolute atomic E-state index is 5.96.